The van der Waals surface area contributed by atoms with Crippen LogP contribution in [0.1, 0.15) is 40.6 Å². The Hall–Kier alpha value is -3.19. The lowest BCUT2D eigenvalue weighted by Crippen LogP contribution is -2.55. The third-order valence-electron chi connectivity index (χ3n) is 5.12. The van der Waals surface area contributed by atoms with E-state index in [0.717, 1.165) is 15.4 Å². The van der Waals surface area contributed by atoms with Gasteiger partial charge in [0.2, 0.25) is 5.91 Å². The predicted octanol–water partition coefficient (Wildman–Crippen LogP) is 1.43. The van der Waals surface area contributed by atoms with E-state index in [9.17, 15) is 19.5 Å². The first-order valence-electron chi connectivity index (χ1n) is 8.76. The summed E-state index contributed by atoms with van der Waals surface area (Å²) in [5.74, 6) is -1.24. The molecule has 0 bridgehead atoms. The monoisotopic (exact) mass is 365 g/mol. The van der Waals surface area contributed by atoms with E-state index in [0.29, 0.717) is 5.56 Å². The largest absolute Gasteiger partial charge is 0.398 e. The summed E-state index contributed by atoms with van der Waals surface area (Å²) in [6.07, 6.45) is -0.942. The van der Waals surface area contributed by atoms with Gasteiger partial charge in [-0.15, -0.1) is 0 Å². The average molecular weight is 365 g/mol. The lowest BCUT2D eigenvalue weighted by molar-refractivity contribution is -0.155. The summed E-state index contributed by atoms with van der Waals surface area (Å²) >= 11 is 0. The van der Waals surface area contributed by atoms with Gasteiger partial charge in [-0.1, -0.05) is 42.5 Å². The van der Waals surface area contributed by atoms with Crippen LogP contribution in [-0.4, -0.2) is 38.7 Å². The normalized spacial score (nSPS) is 22.3. The highest BCUT2D eigenvalue weighted by molar-refractivity contribution is 6.08. The molecule has 0 aliphatic carbocycles. The zero-order chi connectivity index (χ0) is 19.1. The van der Waals surface area contributed by atoms with Crippen LogP contribution in [-0.2, 0) is 16.1 Å². The Morgan fingerprint density at radius 1 is 1.04 bits per heavy atom. The number of nitrogen functional groups attached to an aromatic ring is 1. The molecule has 0 aromatic heterocycles. The SMILES string of the molecule is Nc1cccc2c1C(=O)N(C1CCC(=O)N(Cc3ccccc3)C1=O)C2O. The third kappa shape index (κ3) is 2.76. The number of hydrogen-bond acceptors (Lipinski definition) is 5. The van der Waals surface area contributed by atoms with Gasteiger partial charge >= 0.3 is 0 Å². The highest BCUT2D eigenvalue weighted by atomic mass is 16.3. The summed E-state index contributed by atoms with van der Waals surface area (Å²) in [5, 5.41) is 10.6. The van der Waals surface area contributed by atoms with Crippen molar-refractivity contribution in [1.82, 2.24) is 9.80 Å². The number of anilines is 1. The van der Waals surface area contributed by atoms with E-state index in [-0.39, 0.29) is 36.5 Å². The molecule has 0 radical (unpaired) electrons. The number of benzene rings is 2. The van der Waals surface area contributed by atoms with Gasteiger partial charge in [0.1, 0.15) is 6.04 Å². The summed E-state index contributed by atoms with van der Waals surface area (Å²) in [4.78, 5) is 40.5. The summed E-state index contributed by atoms with van der Waals surface area (Å²) < 4.78 is 0. The van der Waals surface area contributed by atoms with Crippen LogP contribution >= 0.6 is 0 Å². The fourth-order valence-electron chi connectivity index (χ4n) is 3.76. The first kappa shape index (κ1) is 17.2. The number of carbonyl (C=O) groups is 3. The van der Waals surface area contributed by atoms with Gasteiger partial charge in [-0.05, 0) is 18.1 Å². The van der Waals surface area contributed by atoms with E-state index in [4.69, 9.17) is 5.73 Å². The van der Waals surface area contributed by atoms with Crippen molar-refractivity contribution >= 4 is 23.4 Å². The minimum atomic E-state index is -1.25. The number of hydrogen-bond donors (Lipinski definition) is 2. The summed E-state index contributed by atoms with van der Waals surface area (Å²) in [6.45, 7) is 0.141. The van der Waals surface area contributed by atoms with Gasteiger partial charge in [-0.3, -0.25) is 24.2 Å². The van der Waals surface area contributed by atoms with E-state index in [1.54, 1.807) is 18.2 Å². The van der Waals surface area contributed by atoms with Crippen LogP contribution in [0.4, 0.5) is 5.69 Å². The maximum atomic E-state index is 13.0. The van der Waals surface area contributed by atoms with E-state index in [1.807, 2.05) is 30.3 Å². The van der Waals surface area contributed by atoms with E-state index >= 15 is 0 Å². The number of nitrogens with zero attached hydrogens (tertiary/aromatic N) is 2. The molecule has 138 valence electrons. The molecule has 2 unspecified atom stereocenters. The average Bonchev–Trinajstić information content (AvgIpc) is 2.92. The number of fused-ring (bicyclic) bond motifs is 1. The molecule has 2 aromatic carbocycles. The minimum absolute atomic E-state index is 0.131. The van der Waals surface area contributed by atoms with Crippen molar-refractivity contribution in [3.05, 3.63) is 65.2 Å². The molecular weight excluding hydrogens is 346 g/mol. The number of piperidine rings is 1. The fraction of sp³-hybridized carbons (Fsp3) is 0.250. The fourth-order valence-corrected chi connectivity index (χ4v) is 3.76. The molecule has 3 N–H and O–H groups in total. The lowest BCUT2D eigenvalue weighted by Gasteiger charge is -2.37. The number of aliphatic hydroxyl groups is 1. The summed E-state index contributed by atoms with van der Waals surface area (Å²) in [6, 6.07) is 13.1. The molecular formula is C20H19N3O4. The zero-order valence-electron chi connectivity index (χ0n) is 14.5. The molecule has 3 amide bonds. The Morgan fingerprint density at radius 2 is 1.78 bits per heavy atom. The minimum Gasteiger partial charge on any atom is -0.398 e. The van der Waals surface area contributed by atoms with Crippen LogP contribution in [0.5, 0.6) is 0 Å². The summed E-state index contributed by atoms with van der Waals surface area (Å²) in [5.41, 5.74) is 7.59. The predicted molar refractivity (Wildman–Crippen MR) is 97.0 cm³/mol. The van der Waals surface area contributed by atoms with Gasteiger partial charge in [0.15, 0.2) is 6.23 Å². The van der Waals surface area contributed by atoms with Crippen LogP contribution in [0.15, 0.2) is 48.5 Å². The summed E-state index contributed by atoms with van der Waals surface area (Å²) in [7, 11) is 0. The Labute approximate surface area is 156 Å². The van der Waals surface area contributed by atoms with Gasteiger partial charge in [0.25, 0.3) is 11.8 Å². The topological polar surface area (TPSA) is 104 Å². The number of carbonyl (C=O) groups excluding carboxylic acids is 3. The first-order valence-corrected chi connectivity index (χ1v) is 8.76. The van der Waals surface area contributed by atoms with E-state index in [2.05, 4.69) is 0 Å². The highest BCUT2D eigenvalue weighted by Gasteiger charge is 2.47. The molecule has 2 aliphatic heterocycles. The van der Waals surface area contributed by atoms with Crippen LogP contribution < -0.4 is 5.73 Å². The van der Waals surface area contributed by atoms with Crippen molar-refractivity contribution < 1.29 is 19.5 Å². The molecule has 1 fully saturated rings. The number of aliphatic hydroxyl groups excluding tert-OH is 1. The van der Waals surface area contributed by atoms with Crippen LogP contribution in [0.3, 0.4) is 0 Å². The van der Waals surface area contributed by atoms with Crippen molar-refractivity contribution in [1.29, 1.82) is 0 Å². The number of likely N-dealkylation sites (tertiary alicyclic amines) is 1. The van der Waals surface area contributed by atoms with Crippen LogP contribution in [0.25, 0.3) is 0 Å². The number of nitrogens with two attached hydrogens (primary N) is 1. The molecule has 2 atom stereocenters. The molecule has 4 rings (SSSR count). The maximum Gasteiger partial charge on any atom is 0.259 e. The van der Waals surface area contributed by atoms with Gasteiger partial charge in [-0.2, -0.15) is 0 Å². The van der Waals surface area contributed by atoms with Crippen molar-refractivity contribution in [2.75, 3.05) is 5.73 Å². The second-order valence-corrected chi connectivity index (χ2v) is 6.76. The van der Waals surface area contributed by atoms with Gasteiger partial charge in [-0.25, -0.2) is 0 Å². The maximum absolute atomic E-state index is 13.0. The smallest absolute Gasteiger partial charge is 0.259 e. The molecule has 0 saturated carbocycles. The van der Waals surface area contributed by atoms with Gasteiger partial charge in [0.05, 0.1) is 12.1 Å². The first-order chi connectivity index (χ1) is 13.0. The Balaban J connectivity index is 1.63. The Morgan fingerprint density at radius 3 is 2.48 bits per heavy atom. The molecule has 7 nitrogen and oxygen atoms in total. The van der Waals surface area contributed by atoms with E-state index < -0.39 is 24.1 Å². The number of rotatable bonds is 3. The van der Waals surface area contributed by atoms with Crippen molar-refractivity contribution in [2.24, 2.45) is 0 Å². The van der Waals surface area contributed by atoms with Crippen molar-refractivity contribution in [3.63, 3.8) is 0 Å². The Bertz CT molecular complexity index is 928. The zero-order valence-corrected chi connectivity index (χ0v) is 14.5. The molecule has 2 aliphatic rings. The van der Waals surface area contributed by atoms with E-state index in [1.165, 1.54) is 0 Å². The number of amides is 3. The highest BCUT2D eigenvalue weighted by Crippen LogP contribution is 2.38. The van der Waals surface area contributed by atoms with Gasteiger partial charge in [0, 0.05) is 17.7 Å². The Kier molecular flexibility index (Phi) is 4.16. The van der Waals surface area contributed by atoms with Crippen LogP contribution in [0.2, 0.25) is 0 Å². The second kappa shape index (κ2) is 6.51. The number of imide groups is 1. The molecule has 1 saturated heterocycles. The second-order valence-electron chi connectivity index (χ2n) is 6.76. The third-order valence-corrected chi connectivity index (χ3v) is 5.12. The van der Waals surface area contributed by atoms with Crippen molar-refractivity contribution in [2.45, 2.75) is 31.7 Å². The van der Waals surface area contributed by atoms with Gasteiger partial charge < -0.3 is 10.8 Å². The molecule has 27 heavy (non-hydrogen) atoms. The molecule has 7 heteroatoms. The molecule has 2 heterocycles. The standard InChI is InChI=1S/C20H19N3O4/c21-14-8-4-7-13-17(14)20(27)23(18(13)25)15-9-10-16(24)22(19(15)26)11-12-5-2-1-3-6-12/h1-8,15,18,25H,9-11,21H2. The lowest BCUT2D eigenvalue weighted by atomic mass is 10.0. The molecule has 2 aromatic rings. The molecule has 0 spiro atoms. The quantitative estimate of drug-likeness (QED) is 0.633. The van der Waals surface area contributed by atoms with Crippen molar-refractivity contribution in [3.8, 4) is 0 Å². The van der Waals surface area contributed by atoms with Crippen LogP contribution in [0, 0.1) is 0 Å².